The van der Waals surface area contributed by atoms with Crippen LogP contribution in [0.2, 0.25) is 0 Å². The number of carbonyl (C=O) groups excluding carboxylic acids is 1. The molecule has 1 aromatic carbocycles. The summed E-state index contributed by atoms with van der Waals surface area (Å²) >= 11 is 0. The molecular weight excluding hydrogens is 312 g/mol. The van der Waals surface area contributed by atoms with Gasteiger partial charge in [0.2, 0.25) is 5.91 Å². The van der Waals surface area contributed by atoms with Crippen molar-refractivity contribution in [2.45, 2.75) is 31.6 Å². The molecule has 5 nitrogen and oxygen atoms in total. The first-order valence-electron chi connectivity index (χ1n) is 7.88. The molecule has 0 atom stereocenters. The van der Waals surface area contributed by atoms with Crippen molar-refractivity contribution in [3.8, 4) is 5.69 Å². The molecule has 1 amide bonds. The standard InChI is InChI=1S/C17H22N4O.ClH/c1-18-12-17(22)19-16-11-15(13-7-5-6-8-13)20-21(16)14-9-3-2-4-10-14;/h2-4,9-11,13,18H,5-8,12H2,1H3,(H,19,22);1H. The molecule has 1 fully saturated rings. The van der Waals surface area contributed by atoms with E-state index in [0.717, 1.165) is 17.2 Å². The van der Waals surface area contributed by atoms with Crippen LogP contribution in [0, 0.1) is 0 Å². The number of amides is 1. The van der Waals surface area contributed by atoms with Gasteiger partial charge >= 0.3 is 0 Å². The summed E-state index contributed by atoms with van der Waals surface area (Å²) in [7, 11) is 1.76. The van der Waals surface area contributed by atoms with Crippen LogP contribution in [-0.4, -0.2) is 29.3 Å². The molecule has 2 aromatic rings. The number of hydrogen-bond acceptors (Lipinski definition) is 3. The van der Waals surface area contributed by atoms with Crippen molar-refractivity contribution < 1.29 is 4.79 Å². The lowest BCUT2D eigenvalue weighted by molar-refractivity contribution is -0.115. The summed E-state index contributed by atoms with van der Waals surface area (Å²) in [5.74, 6) is 1.20. The highest BCUT2D eigenvalue weighted by atomic mass is 35.5. The SMILES string of the molecule is CNCC(=O)Nc1cc(C2CCCC2)nn1-c1ccccc1.Cl. The molecule has 1 heterocycles. The second kappa shape index (κ2) is 8.13. The minimum absolute atomic E-state index is 0. The van der Waals surface area contributed by atoms with Crippen LogP contribution in [-0.2, 0) is 4.79 Å². The number of carbonyl (C=O) groups is 1. The van der Waals surface area contributed by atoms with Gasteiger partial charge in [0.05, 0.1) is 17.9 Å². The fourth-order valence-corrected chi connectivity index (χ4v) is 3.02. The first kappa shape index (κ1) is 17.5. The Hall–Kier alpha value is -1.85. The van der Waals surface area contributed by atoms with E-state index in [1.165, 1.54) is 25.7 Å². The maximum Gasteiger partial charge on any atom is 0.239 e. The number of rotatable bonds is 5. The van der Waals surface area contributed by atoms with E-state index >= 15 is 0 Å². The number of nitrogens with one attached hydrogen (secondary N) is 2. The number of aromatic nitrogens is 2. The number of nitrogens with zero attached hydrogens (tertiary/aromatic N) is 2. The lowest BCUT2D eigenvalue weighted by atomic mass is 10.0. The Morgan fingerprint density at radius 3 is 2.61 bits per heavy atom. The predicted octanol–water partition coefficient (Wildman–Crippen LogP) is 3.11. The van der Waals surface area contributed by atoms with Crippen molar-refractivity contribution in [3.05, 3.63) is 42.1 Å². The third-order valence-electron chi connectivity index (χ3n) is 4.11. The van der Waals surface area contributed by atoms with Gasteiger partial charge in [-0.1, -0.05) is 31.0 Å². The second-order valence-electron chi connectivity index (χ2n) is 5.76. The van der Waals surface area contributed by atoms with E-state index < -0.39 is 0 Å². The Labute approximate surface area is 142 Å². The van der Waals surface area contributed by atoms with Gasteiger partial charge in [-0.3, -0.25) is 4.79 Å². The first-order valence-corrected chi connectivity index (χ1v) is 7.88. The highest BCUT2D eigenvalue weighted by molar-refractivity contribution is 5.91. The predicted molar refractivity (Wildman–Crippen MR) is 94.6 cm³/mol. The minimum Gasteiger partial charge on any atom is -0.311 e. The van der Waals surface area contributed by atoms with Crippen molar-refractivity contribution in [3.63, 3.8) is 0 Å². The van der Waals surface area contributed by atoms with Gasteiger partial charge in [-0.15, -0.1) is 12.4 Å². The monoisotopic (exact) mass is 334 g/mol. The van der Waals surface area contributed by atoms with E-state index in [1.807, 2.05) is 41.1 Å². The summed E-state index contributed by atoms with van der Waals surface area (Å²) in [4.78, 5) is 11.9. The molecule has 1 aromatic heterocycles. The topological polar surface area (TPSA) is 59.0 Å². The van der Waals surface area contributed by atoms with Crippen LogP contribution in [0.5, 0.6) is 0 Å². The van der Waals surface area contributed by atoms with Crippen LogP contribution in [0.4, 0.5) is 5.82 Å². The Bertz CT molecular complexity index is 635. The lowest BCUT2D eigenvalue weighted by Crippen LogP contribution is -2.26. The number of benzene rings is 1. The third-order valence-corrected chi connectivity index (χ3v) is 4.11. The van der Waals surface area contributed by atoms with Gasteiger partial charge in [-0.25, -0.2) is 4.68 Å². The average molecular weight is 335 g/mol. The van der Waals surface area contributed by atoms with E-state index in [9.17, 15) is 4.79 Å². The van der Waals surface area contributed by atoms with Crippen LogP contribution >= 0.6 is 12.4 Å². The minimum atomic E-state index is -0.0578. The zero-order chi connectivity index (χ0) is 15.4. The Kier molecular flexibility index (Phi) is 6.19. The number of halogens is 1. The van der Waals surface area contributed by atoms with E-state index in [2.05, 4.69) is 10.6 Å². The lowest BCUT2D eigenvalue weighted by Gasteiger charge is -2.08. The molecule has 3 rings (SSSR count). The van der Waals surface area contributed by atoms with Crippen molar-refractivity contribution in [1.82, 2.24) is 15.1 Å². The van der Waals surface area contributed by atoms with Gasteiger partial charge in [0.15, 0.2) is 0 Å². The molecule has 0 spiro atoms. The number of anilines is 1. The van der Waals surface area contributed by atoms with Gasteiger partial charge in [0.1, 0.15) is 5.82 Å². The summed E-state index contributed by atoms with van der Waals surface area (Å²) < 4.78 is 1.83. The van der Waals surface area contributed by atoms with Crippen LogP contribution in [0.3, 0.4) is 0 Å². The van der Waals surface area contributed by atoms with Crippen LogP contribution < -0.4 is 10.6 Å². The highest BCUT2D eigenvalue weighted by Gasteiger charge is 2.22. The first-order chi connectivity index (χ1) is 10.8. The molecular formula is C17H23ClN4O. The fourth-order valence-electron chi connectivity index (χ4n) is 3.02. The van der Waals surface area contributed by atoms with Gasteiger partial charge in [0.25, 0.3) is 0 Å². The summed E-state index contributed by atoms with van der Waals surface area (Å²) in [6, 6.07) is 12.0. The van der Waals surface area contributed by atoms with Gasteiger partial charge < -0.3 is 10.6 Å². The summed E-state index contributed by atoms with van der Waals surface area (Å²) in [6.45, 7) is 0.290. The van der Waals surface area contributed by atoms with Crippen molar-refractivity contribution in [1.29, 1.82) is 0 Å². The van der Waals surface area contributed by atoms with Gasteiger partial charge in [-0.05, 0) is 32.0 Å². The quantitative estimate of drug-likeness (QED) is 0.883. The highest BCUT2D eigenvalue weighted by Crippen LogP contribution is 2.35. The van der Waals surface area contributed by atoms with Crippen molar-refractivity contribution in [2.75, 3.05) is 18.9 Å². The van der Waals surface area contributed by atoms with Crippen molar-refractivity contribution >= 4 is 24.1 Å². The molecule has 0 bridgehead atoms. The van der Waals surface area contributed by atoms with Crippen LogP contribution in [0.15, 0.2) is 36.4 Å². The Morgan fingerprint density at radius 1 is 1.26 bits per heavy atom. The molecule has 124 valence electrons. The number of hydrogen-bond donors (Lipinski definition) is 2. The van der Waals surface area contributed by atoms with Gasteiger partial charge in [0, 0.05) is 12.0 Å². The van der Waals surface area contributed by atoms with E-state index in [0.29, 0.717) is 12.5 Å². The normalized spacial score (nSPS) is 14.5. The average Bonchev–Trinajstić information content (AvgIpc) is 3.17. The molecule has 1 aliphatic carbocycles. The maximum atomic E-state index is 11.9. The largest absolute Gasteiger partial charge is 0.311 e. The number of para-hydroxylation sites is 1. The molecule has 0 saturated heterocycles. The third kappa shape index (κ3) is 4.12. The molecule has 0 aliphatic heterocycles. The zero-order valence-electron chi connectivity index (χ0n) is 13.3. The Morgan fingerprint density at radius 2 is 1.96 bits per heavy atom. The molecule has 6 heteroatoms. The Balaban J connectivity index is 0.00000192. The zero-order valence-corrected chi connectivity index (χ0v) is 14.1. The van der Waals surface area contributed by atoms with E-state index in [-0.39, 0.29) is 18.3 Å². The maximum absolute atomic E-state index is 11.9. The summed E-state index contributed by atoms with van der Waals surface area (Å²) in [6.07, 6.45) is 4.92. The molecule has 0 radical (unpaired) electrons. The smallest absolute Gasteiger partial charge is 0.239 e. The molecule has 1 saturated carbocycles. The fraction of sp³-hybridized carbons (Fsp3) is 0.412. The molecule has 0 unspecified atom stereocenters. The van der Waals surface area contributed by atoms with E-state index in [1.54, 1.807) is 7.05 Å². The second-order valence-corrected chi connectivity index (χ2v) is 5.76. The van der Waals surface area contributed by atoms with Crippen molar-refractivity contribution in [2.24, 2.45) is 0 Å². The summed E-state index contributed by atoms with van der Waals surface area (Å²) in [5.41, 5.74) is 2.05. The van der Waals surface area contributed by atoms with Crippen LogP contribution in [0.1, 0.15) is 37.3 Å². The van der Waals surface area contributed by atoms with E-state index in [4.69, 9.17) is 5.10 Å². The molecule has 2 N–H and O–H groups in total. The van der Waals surface area contributed by atoms with Crippen LogP contribution in [0.25, 0.3) is 5.69 Å². The molecule has 23 heavy (non-hydrogen) atoms. The van der Waals surface area contributed by atoms with Gasteiger partial charge in [-0.2, -0.15) is 5.10 Å². The summed E-state index contributed by atoms with van der Waals surface area (Å²) in [5, 5.41) is 10.6. The number of likely N-dealkylation sites (N-methyl/N-ethyl adjacent to an activating group) is 1. The molecule has 1 aliphatic rings.